The van der Waals surface area contributed by atoms with E-state index in [0.29, 0.717) is 11.5 Å². The summed E-state index contributed by atoms with van der Waals surface area (Å²) >= 11 is 0. The Kier molecular flexibility index (Phi) is 5.26. The van der Waals surface area contributed by atoms with Crippen LogP contribution in [0.3, 0.4) is 0 Å². The molecule has 144 valence electrons. The summed E-state index contributed by atoms with van der Waals surface area (Å²) in [5.41, 5.74) is 9.31. The fraction of sp³-hybridized carbons (Fsp3) is 0.304. The predicted molar refractivity (Wildman–Crippen MR) is 111 cm³/mol. The van der Waals surface area contributed by atoms with Gasteiger partial charge in [0.25, 0.3) is 5.91 Å². The highest BCUT2D eigenvalue weighted by molar-refractivity contribution is 6.00. The normalized spacial score (nSPS) is 16.1. The van der Waals surface area contributed by atoms with E-state index in [2.05, 4.69) is 6.92 Å². The quantitative estimate of drug-likeness (QED) is 0.757. The average Bonchev–Trinajstić information content (AvgIpc) is 3.20. The van der Waals surface area contributed by atoms with E-state index in [1.54, 1.807) is 4.68 Å². The summed E-state index contributed by atoms with van der Waals surface area (Å²) in [4.78, 5) is 15.3. The van der Waals surface area contributed by atoms with Crippen LogP contribution in [0.15, 0.2) is 66.9 Å². The van der Waals surface area contributed by atoms with Crippen molar-refractivity contribution in [2.75, 3.05) is 13.1 Å². The molecule has 0 radical (unpaired) electrons. The molecule has 1 amide bonds. The predicted octanol–water partition coefficient (Wildman–Crippen LogP) is 3.74. The molecule has 5 heteroatoms. The number of para-hydroxylation sites is 1. The van der Waals surface area contributed by atoms with Gasteiger partial charge < -0.3 is 10.6 Å². The van der Waals surface area contributed by atoms with E-state index in [-0.39, 0.29) is 11.9 Å². The zero-order chi connectivity index (χ0) is 19.5. The van der Waals surface area contributed by atoms with Crippen LogP contribution in [-0.4, -0.2) is 39.7 Å². The topological polar surface area (TPSA) is 64.2 Å². The molecule has 0 bridgehead atoms. The van der Waals surface area contributed by atoms with Crippen molar-refractivity contribution < 1.29 is 4.79 Å². The van der Waals surface area contributed by atoms with Crippen molar-refractivity contribution in [2.24, 2.45) is 11.7 Å². The Morgan fingerprint density at radius 2 is 1.64 bits per heavy atom. The second-order valence-corrected chi connectivity index (χ2v) is 7.53. The Morgan fingerprint density at radius 3 is 2.25 bits per heavy atom. The molecule has 0 spiro atoms. The molecule has 1 atom stereocenters. The van der Waals surface area contributed by atoms with Gasteiger partial charge in [-0.1, -0.05) is 48.5 Å². The van der Waals surface area contributed by atoms with E-state index in [0.717, 1.165) is 42.9 Å². The lowest BCUT2D eigenvalue weighted by atomic mass is 9.90. The SMILES string of the molecule is CC(N)C1CCN(C(=O)c2cn(-c3ccccc3)nc2-c2ccccc2)CC1. The molecule has 28 heavy (non-hydrogen) atoms. The van der Waals surface area contributed by atoms with Crippen molar-refractivity contribution in [2.45, 2.75) is 25.8 Å². The lowest BCUT2D eigenvalue weighted by Gasteiger charge is -2.33. The van der Waals surface area contributed by atoms with E-state index in [4.69, 9.17) is 10.8 Å². The Hall–Kier alpha value is -2.92. The van der Waals surface area contributed by atoms with E-state index >= 15 is 0 Å². The maximum absolute atomic E-state index is 13.4. The van der Waals surface area contributed by atoms with Gasteiger partial charge in [0.1, 0.15) is 5.69 Å². The van der Waals surface area contributed by atoms with Gasteiger partial charge >= 0.3 is 0 Å². The van der Waals surface area contributed by atoms with Crippen LogP contribution in [0.4, 0.5) is 0 Å². The lowest BCUT2D eigenvalue weighted by Crippen LogP contribution is -2.42. The summed E-state index contributed by atoms with van der Waals surface area (Å²) in [6, 6.07) is 20.0. The fourth-order valence-corrected chi connectivity index (χ4v) is 3.85. The minimum absolute atomic E-state index is 0.0455. The number of nitrogens with zero attached hydrogens (tertiary/aromatic N) is 3. The van der Waals surface area contributed by atoms with Gasteiger partial charge in [0.05, 0.1) is 11.3 Å². The molecule has 0 saturated carbocycles. The number of nitrogens with two attached hydrogens (primary N) is 1. The standard InChI is InChI=1S/C23H26N4O/c1-17(24)18-12-14-26(15-13-18)23(28)21-16-27(20-10-6-3-7-11-20)25-22(21)19-8-4-2-5-9-19/h2-11,16-18H,12-15,24H2,1H3. The van der Waals surface area contributed by atoms with Crippen LogP contribution in [0.25, 0.3) is 16.9 Å². The van der Waals surface area contributed by atoms with Crippen molar-refractivity contribution in [1.29, 1.82) is 0 Å². The number of rotatable bonds is 4. The van der Waals surface area contributed by atoms with Gasteiger partial charge in [-0.25, -0.2) is 4.68 Å². The van der Waals surface area contributed by atoms with Crippen LogP contribution in [-0.2, 0) is 0 Å². The van der Waals surface area contributed by atoms with Crippen LogP contribution >= 0.6 is 0 Å². The Labute approximate surface area is 165 Å². The molecule has 1 aliphatic rings. The average molecular weight is 374 g/mol. The third-order valence-electron chi connectivity index (χ3n) is 5.58. The van der Waals surface area contributed by atoms with Crippen LogP contribution in [0.5, 0.6) is 0 Å². The third kappa shape index (κ3) is 3.71. The van der Waals surface area contributed by atoms with E-state index in [1.165, 1.54) is 0 Å². The van der Waals surface area contributed by atoms with Crippen molar-refractivity contribution >= 4 is 5.91 Å². The highest BCUT2D eigenvalue weighted by atomic mass is 16.2. The van der Waals surface area contributed by atoms with E-state index < -0.39 is 0 Å². The second-order valence-electron chi connectivity index (χ2n) is 7.53. The summed E-state index contributed by atoms with van der Waals surface area (Å²) in [6.07, 6.45) is 3.77. The molecular weight excluding hydrogens is 348 g/mol. The van der Waals surface area contributed by atoms with Gasteiger partial charge in [-0.05, 0) is 37.8 Å². The maximum Gasteiger partial charge on any atom is 0.257 e. The number of hydrogen-bond donors (Lipinski definition) is 1. The molecule has 1 aromatic heterocycles. The van der Waals surface area contributed by atoms with E-state index in [1.807, 2.05) is 71.8 Å². The van der Waals surface area contributed by atoms with Gasteiger partial charge in [-0.3, -0.25) is 4.79 Å². The summed E-state index contributed by atoms with van der Waals surface area (Å²) in [5.74, 6) is 0.536. The summed E-state index contributed by atoms with van der Waals surface area (Å²) < 4.78 is 1.80. The Balaban J connectivity index is 1.67. The molecule has 2 heterocycles. The van der Waals surface area contributed by atoms with Gasteiger partial charge in [0.15, 0.2) is 0 Å². The zero-order valence-electron chi connectivity index (χ0n) is 16.2. The minimum Gasteiger partial charge on any atom is -0.339 e. The largest absolute Gasteiger partial charge is 0.339 e. The molecule has 0 aliphatic carbocycles. The van der Waals surface area contributed by atoms with Crippen molar-refractivity contribution in [3.05, 3.63) is 72.4 Å². The Morgan fingerprint density at radius 1 is 1.04 bits per heavy atom. The molecule has 2 N–H and O–H groups in total. The van der Waals surface area contributed by atoms with Crippen molar-refractivity contribution in [3.8, 4) is 16.9 Å². The molecule has 1 saturated heterocycles. The summed E-state index contributed by atoms with van der Waals surface area (Å²) in [7, 11) is 0. The van der Waals surface area contributed by atoms with Gasteiger partial charge in [0.2, 0.25) is 0 Å². The molecule has 3 aromatic rings. The minimum atomic E-state index is 0.0455. The first kappa shape index (κ1) is 18.4. The highest BCUT2D eigenvalue weighted by Crippen LogP contribution is 2.27. The van der Waals surface area contributed by atoms with Gasteiger partial charge in [-0.15, -0.1) is 0 Å². The van der Waals surface area contributed by atoms with Gasteiger partial charge in [0, 0.05) is 30.9 Å². The highest BCUT2D eigenvalue weighted by Gasteiger charge is 2.28. The smallest absolute Gasteiger partial charge is 0.257 e. The molecule has 1 aliphatic heterocycles. The first-order chi connectivity index (χ1) is 13.6. The van der Waals surface area contributed by atoms with Crippen molar-refractivity contribution in [3.63, 3.8) is 0 Å². The molecule has 1 fully saturated rings. The zero-order valence-corrected chi connectivity index (χ0v) is 16.2. The number of aromatic nitrogens is 2. The number of hydrogen-bond acceptors (Lipinski definition) is 3. The summed E-state index contributed by atoms with van der Waals surface area (Å²) in [6.45, 7) is 3.55. The Bertz CT molecular complexity index is 926. The number of carbonyl (C=O) groups is 1. The van der Waals surface area contributed by atoms with Gasteiger partial charge in [-0.2, -0.15) is 5.10 Å². The molecule has 1 unspecified atom stereocenters. The van der Waals surface area contributed by atoms with Crippen LogP contribution in [0.1, 0.15) is 30.1 Å². The first-order valence-corrected chi connectivity index (χ1v) is 9.89. The van der Waals surface area contributed by atoms with Crippen LogP contribution in [0, 0.1) is 5.92 Å². The molecule has 4 rings (SSSR count). The maximum atomic E-state index is 13.4. The molecule has 5 nitrogen and oxygen atoms in total. The van der Waals surface area contributed by atoms with Crippen LogP contribution in [0.2, 0.25) is 0 Å². The molecular formula is C23H26N4O. The number of carbonyl (C=O) groups excluding carboxylic acids is 1. The van der Waals surface area contributed by atoms with Crippen molar-refractivity contribution in [1.82, 2.24) is 14.7 Å². The lowest BCUT2D eigenvalue weighted by molar-refractivity contribution is 0.0681. The number of benzene rings is 2. The number of piperidine rings is 1. The summed E-state index contributed by atoms with van der Waals surface area (Å²) in [5, 5.41) is 4.76. The fourth-order valence-electron chi connectivity index (χ4n) is 3.85. The molecule has 2 aromatic carbocycles. The first-order valence-electron chi connectivity index (χ1n) is 9.89. The second kappa shape index (κ2) is 7.98. The van der Waals surface area contributed by atoms with E-state index in [9.17, 15) is 4.79 Å². The number of likely N-dealkylation sites (tertiary alicyclic amines) is 1. The monoisotopic (exact) mass is 374 g/mol. The number of amides is 1. The third-order valence-corrected chi connectivity index (χ3v) is 5.58. The van der Waals surface area contributed by atoms with Crippen LogP contribution < -0.4 is 5.73 Å².